The molecule has 0 amide bonds. The maximum absolute atomic E-state index is 13.3. The largest absolute Gasteiger partial charge is 0.368 e. The fourth-order valence-corrected chi connectivity index (χ4v) is 19.1. The van der Waals surface area contributed by atoms with Crippen molar-refractivity contribution in [3.63, 3.8) is 0 Å². The van der Waals surface area contributed by atoms with E-state index in [1.807, 2.05) is 212 Å². The molecule has 10 aromatic rings. The molecule has 5 saturated heterocycles. The molecule has 10 aliphatic rings. The quantitative estimate of drug-likeness (QED) is 0.0941. The molecule has 0 bridgehead atoms. The van der Waals surface area contributed by atoms with Crippen LogP contribution in [0.2, 0.25) is 0 Å². The lowest BCUT2D eigenvalue weighted by molar-refractivity contribution is 0.0914. The number of nitrogens with zero attached hydrogens (tertiary/aromatic N) is 6. The van der Waals surface area contributed by atoms with Gasteiger partial charge in [0.2, 0.25) is 28.9 Å². The number of likely N-dealkylation sites (N-methyl/N-ethyl adjacent to an activating group) is 1. The SMILES string of the molecule is CN1CCN(C2=C(Cc3ccccc3)C(=O)c3ccccc3C2=O)CC1.O=C1C(Cc2ccccc2)=C(N2CCCCC2)C(=O)c2ccccc21.O=C1C(Cc2ccccc2)=C(N2CCCCC2)C(=O)c2ccccc21.O=C1C(Cc2ccccc2)=C(N2CCCCC2)C(=O)c2ccccc21.O=C1C(Cc2ccccc2)=C(N2CCCCC2)C(=O)c2ccccc21. The second-order valence-electron chi connectivity index (χ2n) is 33.9. The van der Waals surface area contributed by atoms with Gasteiger partial charge in [-0.1, -0.05) is 273 Å². The smallest absolute Gasteiger partial charge is 0.210 e. The van der Waals surface area contributed by atoms with Crippen molar-refractivity contribution in [2.75, 3.05) is 85.6 Å². The van der Waals surface area contributed by atoms with Gasteiger partial charge in [0.1, 0.15) is 0 Å². The van der Waals surface area contributed by atoms with Crippen LogP contribution in [0.5, 0.6) is 0 Å². The zero-order chi connectivity index (χ0) is 87.0. The molecule has 0 radical (unpaired) electrons. The molecule has 0 N–H and O–H groups in total. The second-order valence-corrected chi connectivity index (χ2v) is 33.9. The molecule has 0 saturated carbocycles. The van der Waals surface area contributed by atoms with Gasteiger partial charge < -0.3 is 29.4 Å². The van der Waals surface area contributed by atoms with E-state index in [0.717, 1.165) is 158 Å². The van der Waals surface area contributed by atoms with Gasteiger partial charge in [-0.2, -0.15) is 0 Å². The second kappa shape index (κ2) is 40.5. The Hall–Kier alpha value is -13.4. The van der Waals surface area contributed by atoms with E-state index in [9.17, 15) is 47.9 Å². The number of carbonyl (C=O) groups is 10. The normalized spacial score (nSPS) is 17.8. The van der Waals surface area contributed by atoms with E-state index in [-0.39, 0.29) is 57.8 Å². The first-order valence-corrected chi connectivity index (χ1v) is 44.9. The summed E-state index contributed by atoms with van der Waals surface area (Å²) in [5, 5.41) is 0. The Balaban J connectivity index is 0.000000116. The van der Waals surface area contributed by atoms with Gasteiger partial charge in [0.05, 0.1) is 28.5 Å². The molecule has 16 heteroatoms. The highest BCUT2D eigenvalue weighted by Gasteiger charge is 2.42. The van der Waals surface area contributed by atoms with Crippen LogP contribution in [-0.2, 0) is 32.1 Å². The van der Waals surface area contributed by atoms with Gasteiger partial charge in [-0.15, -0.1) is 0 Å². The highest BCUT2D eigenvalue weighted by Crippen LogP contribution is 2.39. The fraction of sp³-hybridized carbons (Fsp3) is 0.273. The minimum Gasteiger partial charge on any atom is -0.368 e. The number of hydrogen-bond donors (Lipinski definition) is 0. The van der Waals surface area contributed by atoms with Crippen LogP contribution in [0.4, 0.5) is 0 Å². The predicted octanol–water partition coefficient (Wildman–Crippen LogP) is 19.0. The molecular weight excluding hydrogens is 1570 g/mol. The fourth-order valence-electron chi connectivity index (χ4n) is 19.1. The van der Waals surface area contributed by atoms with Gasteiger partial charge >= 0.3 is 0 Å². The number of likely N-dealkylation sites (tertiary alicyclic amines) is 4. The molecule has 5 aliphatic carbocycles. The van der Waals surface area contributed by atoms with Crippen molar-refractivity contribution in [2.45, 2.75) is 109 Å². The number of carbonyl (C=O) groups excluding carboxylic acids is 10. The zero-order valence-corrected chi connectivity index (χ0v) is 71.8. The summed E-state index contributed by atoms with van der Waals surface area (Å²) >= 11 is 0. The van der Waals surface area contributed by atoms with E-state index in [0.29, 0.717) is 144 Å². The van der Waals surface area contributed by atoms with Crippen LogP contribution in [0.1, 0.15) is 208 Å². The maximum atomic E-state index is 13.3. The number of hydrogen-bond acceptors (Lipinski definition) is 16. The van der Waals surface area contributed by atoms with Crippen molar-refractivity contribution in [3.05, 3.63) is 413 Å². The number of rotatable bonds is 15. The molecule has 10 aromatic carbocycles. The number of piperazine rings is 1. The van der Waals surface area contributed by atoms with Crippen molar-refractivity contribution in [3.8, 4) is 0 Å². The lowest BCUT2D eigenvalue weighted by atomic mass is 9.83. The number of fused-ring (bicyclic) bond motifs is 5. The molecule has 636 valence electrons. The molecular formula is C110H106N6O10. The van der Waals surface area contributed by atoms with Crippen LogP contribution in [0.15, 0.2) is 329 Å². The molecule has 5 fully saturated rings. The first kappa shape index (κ1) is 86.1. The van der Waals surface area contributed by atoms with Gasteiger partial charge in [0.25, 0.3) is 0 Å². The first-order chi connectivity index (χ1) is 61.7. The van der Waals surface area contributed by atoms with Gasteiger partial charge in [0.15, 0.2) is 28.9 Å². The Morgan fingerprint density at radius 2 is 0.310 bits per heavy atom. The summed E-state index contributed by atoms with van der Waals surface area (Å²) in [5.74, 6) is -0.0238. The Labute approximate surface area is 738 Å². The Bertz CT molecular complexity index is 5370. The topological polar surface area (TPSA) is 190 Å². The third-order valence-corrected chi connectivity index (χ3v) is 25.6. The van der Waals surface area contributed by atoms with Crippen molar-refractivity contribution < 1.29 is 47.9 Å². The standard InChI is InChI=1S/C22H22N2O2.4C22H21NO2/c1-23-11-13-24(14-12-23)20-19(15-16-7-3-2-4-8-16)21(25)17-9-5-6-10-18(17)22(20)26;4*24-21-17-11-5-6-12-18(17)22(25)20(23-13-7-2-8-14-23)19(21)15-16-9-3-1-4-10-16/h2-10H,11-15H2,1H3;4*1,3-6,9-12H,2,7-8,13-15H2. The van der Waals surface area contributed by atoms with Crippen molar-refractivity contribution in [1.29, 1.82) is 0 Å². The highest BCUT2D eigenvalue weighted by atomic mass is 16.2. The van der Waals surface area contributed by atoms with E-state index in [1.165, 1.54) is 25.7 Å². The average molecular weight is 1670 g/mol. The molecule has 0 unspecified atom stereocenters. The molecule has 0 spiro atoms. The number of ketones is 10. The van der Waals surface area contributed by atoms with Crippen LogP contribution >= 0.6 is 0 Å². The van der Waals surface area contributed by atoms with Crippen LogP contribution in [0.3, 0.4) is 0 Å². The monoisotopic (exact) mass is 1670 g/mol. The lowest BCUT2D eigenvalue weighted by Crippen LogP contribution is -2.47. The predicted molar refractivity (Wildman–Crippen MR) is 492 cm³/mol. The van der Waals surface area contributed by atoms with Gasteiger partial charge in [0, 0.05) is 194 Å². The highest BCUT2D eigenvalue weighted by molar-refractivity contribution is 6.30. The molecule has 5 heterocycles. The van der Waals surface area contributed by atoms with Crippen LogP contribution < -0.4 is 0 Å². The molecule has 0 aromatic heterocycles. The number of allylic oxidation sites excluding steroid dienone is 10. The Morgan fingerprint density at radius 1 is 0.167 bits per heavy atom. The first-order valence-electron chi connectivity index (χ1n) is 44.9. The van der Waals surface area contributed by atoms with Crippen LogP contribution in [-0.4, -0.2) is 173 Å². The van der Waals surface area contributed by atoms with Gasteiger partial charge in [-0.25, -0.2) is 0 Å². The zero-order valence-electron chi connectivity index (χ0n) is 71.8. The van der Waals surface area contributed by atoms with Gasteiger partial charge in [-0.05, 0) is 112 Å². The van der Waals surface area contributed by atoms with Crippen molar-refractivity contribution in [1.82, 2.24) is 29.4 Å². The van der Waals surface area contributed by atoms with Crippen molar-refractivity contribution in [2.24, 2.45) is 0 Å². The van der Waals surface area contributed by atoms with Crippen LogP contribution in [0.25, 0.3) is 0 Å². The molecule has 126 heavy (non-hydrogen) atoms. The van der Waals surface area contributed by atoms with Crippen LogP contribution in [0, 0.1) is 0 Å². The third-order valence-electron chi connectivity index (χ3n) is 25.6. The Morgan fingerprint density at radius 3 is 0.476 bits per heavy atom. The minimum atomic E-state index is -0.0179. The van der Waals surface area contributed by atoms with Crippen molar-refractivity contribution >= 4 is 57.8 Å². The Kier molecular flexibility index (Phi) is 27.7. The summed E-state index contributed by atoms with van der Waals surface area (Å²) in [4.78, 5) is 145. The number of piperidine rings is 4. The summed E-state index contributed by atoms with van der Waals surface area (Å²) in [5.41, 5.74) is 17.1. The summed E-state index contributed by atoms with van der Waals surface area (Å²) < 4.78 is 0. The number of Topliss-reactive ketones (excluding diaryl/α,β-unsaturated/α-hetero) is 10. The maximum Gasteiger partial charge on any atom is 0.210 e. The lowest BCUT2D eigenvalue weighted by Gasteiger charge is -2.37. The molecule has 5 aliphatic heterocycles. The van der Waals surface area contributed by atoms with E-state index in [2.05, 4.69) is 36.4 Å². The summed E-state index contributed by atoms with van der Waals surface area (Å²) in [6.07, 6.45) is 15.9. The van der Waals surface area contributed by atoms with E-state index < -0.39 is 0 Å². The van der Waals surface area contributed by atoms with Gasteiger partial charge in [-0.3, -0.25) is 47.9 Å². The third kappa shape index (κ3) is 19.1. The van der Waals surface area contributed by atoms with E-state index in [4.69, 9.17) is 0 Å². The molecule has 0 atom stereocenters. The minimum absolute atomic E-state index is 0.000346. The average Bonchev–Trinajstić information content (AvgIpc) is 0.779. The molecule has 20 rings (SSSR count). The molecule has 16 nitrogen and oxygen atoms in total. The van der Waals surface area contributed by atoms with E-state index >= 15 is 0 Å². The summed E-state index contributed by atoms with van der Waals surface area (Å²) in [6.45, 7) is 10.2. The summed E-state index contributed by atoms with van der Waals surface area (Å²) in [7, 11) is 2.08. The number of benzene rings is 10. The summed E-state index contributed by atoms with van der Waals surface area (Å²) in [6, 6.07) is 85.7. The van der Waals surface area contributed by atoms with E-state index in [1.54, 1.807) is 60.7 Å².